The van der Waals surface area contributed by atoms with Gasteiger partial charge in [0.05, 0.1) is 12.6 Å². The van der Waals surface area contributed by atoms with Crippen LogP contribution in [0.4, 0.5) is 4.79 Å². The van der Waals surface area contributed by atoms with E-state index in [2.05, 4.69) is 0 Å². The Bertz CT molecular complexity index is 206. The van der Waals surface area contributed by atoms with E-state index in [9.17, 15) is 4.79 Å². The van der Waals surface area contributed by atoms with Gasteiger partial charge < -0.3 is 14.7 Å². The SMILES string of the molecule is C[C@@H]1CC[C@H]2O[C@H]2CN1C(=O)O. The van der Waals surface area contributed by atoms with Gasteiger partial charge in [0, 0.05) is 6.04 Å². The van der Waals surface area contributed by atoms with E-state index >= 15 is 0 Å². The molecule has 0 unspecified atom stereocenters. The maximum absolute atomic E-state index is 10.8. The molecule has 0 spiro atoms. The number of hydrogen-bond acceptors (Lipinski definition) is 2. The van der Waals surface area contributed by atoms with E-state index < -0.39 is 6.09 Å². The van der Waals surface area contributed by atoms with E-state index in [1.165, 1.54) is 4.90 Å². The van der Waals surface area contributed by atoms with E-state index in [1.54, 1.807) is 0 Å². The van der Waals surface area contributed by atoms with E-state index in [0.29, 0.717) is 12.6 Å². The molecule has 1 N–H and O–H groups in total. The van der Waals surface area contributed by atoms with Gasteiger partial charge in [-0.25, -0.2) is 4.79 Å². The number of carboxylic acid groups (broad SMARTS) is 1. The van der Waals surface area contributed by atoms with Crippen molar-refractivity contribution in [2.75, 3.05) is 6.54 Å². The average molecular weight is 171 g/mol. The molecule has 2 heterocycles. The Kier molecular flexibility index (Phi) is 1.72. The molecular weight excluding hydrogens is 158 g/mol. The summed E-state index contributed by atoms with van der Waals surface area (Å²) in [5, 5.41) is 8.84. The van der Waals surface area contributed by atoms with Crippen molar-refractivity contribution in [2.45, 2.75) is 38.0 Å². The van der Waals surface area contributed by atoms with Crippen LogP contribution in [0.15, 0.2) is 0 Å². The minimum Gasteiger partial charge on any atom is -0.465 e. The molecule has 4 heteroatoms. The Morgan fingerprint density at radius 2 is 2.25 bits per heavy atom. The molecule has 0 bridgehead atoms. The summed E-state index contributed by atoms with van der Waals surface area (Å²) in [5.74, 6) is 0. The number of rotatable bonds is 0. The highest BCUT2D eigenvalue weighted by Crippen LogP contribution is 2.32. The van der Waals surface area contributed by atoms with Crippen LogP contribution in [-0.2, 0) is 4.74 Å². The van der Waals surface area contributed by atoms with Gasteiger partial charge in [-0.2, -0.15) is 0 Å². The number of ether oxygens (including phenoxy) is 1. The molecule has 0 aliphatic carbocycles. The van der Waals surface area contributed by atoms with Gasteiger partial charge in [-0.1, -0.05) is 0 Å². The molecule has 2 fully saturated rings. The predicted molar refractivity (Wildman–Crippen MR) is 42.1 cm³/mol. The maximum Gasteiger partial charge on any atom is 0.407 e. The van der Waals surface area contributed by atoms with Crippen LogP contribution in [0.2, 0.25) is 0 Å². The highest BCUT2D eigenvalue weighted by atomic mass is 16.6. The zero-order chi connectivity index (χ0) is 8.72. The summed E-state index contributed by atoms with van der Waals surface area (Å²) in [6.45, 7) is 2.51. The first kappa shape index (κ1) is 7.86. The fraction of sp³-hybridized carbons (Fsp3) is 0.875. The van der Waals surface area contributed by atoms with Crippen LogP contribution in [0.25, 0.3) is 0 Å². The lowest BCUT2D eigenvalue weighted by Gasteiger charge is -2.23. The van der Waals surface area contributed by atoms with Crippen LogP contribution in [0.1, 0.15) is 19.8 Å². The van der Waals surface area contributed by atoms with Crippen molar-refractivity contribution in [3.8, 4) is 0 Å². The Morgan fingerprint density at radius 1 is 1.50 bits per heavy atom. The zero-order valence-corrected chi connectivity index (χ0v) is 7.06. The van der Waals surface area contributed by atoms with Crippen molar-refractivity contribution in [3.63, 3.8) is 0 Å². The summed E-state index contributed by atoms with van der Waals surface area (Å²) >= 11 is 0. The van der Waals surface area contributed by atoms with Crippen molar-refractivity contribution in [1.82, 2.24) is 4.90 Å². The third-order valence-corrected chi connectivity index (χ3v) is 2.71. The number of nitrogens with zero attached hydrogens (tertiary/aromatic N) is 1. The van der Waals surface area contributed by atoms with Gasteiger partial charge in [-0.05, 0) is 19.8 Å². The lowest BCUT2D eigenvalue weighted by Crippen LogP contribution is -2.39. The Labute approximate surface area is 71.1 Å². The molecule has 12 heavy (non-hydrogen) atoms. The van der Waals surface area contributed by atoms with Crippen molar-refractivity contribution in [3.05, 3.63) is 0 Å². The fourth-order valence-electron chi connectivity index (χ4n) is 1.80. The molecule has 68 valence electrons. The number of hydrogen-bond donors (Lipinski definition) is 1. The highest BCUT2D eigenvalue weighted by Gasteiger charge is 2.44. The van der Waals surface area contributed by atoms with Crippen LogP contribution < -0.4 is 0 Å². The van der Waals surface area contributed by atoms with E-state index in [0.717, 1.165) is 12.8 Å². The molecule has 0 radical (unpaired) electrons. The van der Waals surface area contributed by atoms with E-state index in [-0.39, 0.29) is 12.1 Å². The summed E-state index contributed by atoms with van der Waals surface area (Å²) in [5.41, 5.74) is 0. The first-order valence-corrected chi connectivity index (χ1v) is 4.33. The van der Waals surface area contributed by atoms with Crippen LogP contribution in [-0.4, -0.2) is 40.9 Å². The number of fused-ring (bicyclic) bond motifs is 1. The summed E-state index contributed by atoms with van der Waals surface area (Å²) in [4.78, 5) is 12.2. The summed E-state index contributed by atoms with van der Waals surface area (Å²) in [7, 11) is 0. The fourth-order valence-corrected chi connectivity index (χ4v) is 1.80. The molecule has 4 nitrogen and oxygen atoms in total. The largest absolute Gasteiger partial charge is 0.465 e. The number of likely N-dealkylation sites (tertiary alicyclic amines) is 1. The molecule has 2 aliphatic heterocycles. The molecule has 0 aromatic heterocycles. The average Bonchev–Trinajstić information content (AvgIpc) is 2.72. The second-order valence-electron chi connectivity index (χ2n) is 3.57. The zero-order valence-electron chi connectivity index (χ0n) is 7.06. The predicted octanol–water partition coefficient (Wildman–Crippen LogP) is 0.916. The summed E-state index contributed by atoms with van der Waals surface area (Å²) in [6, 6.07) is 0.152. The van der Waals surface area contributed by atoms with Crippen molar-refractivity contribution in [2.24, 2.45) is 0 Å². The normalized spacial score (nSPS) is 40.1. The van der Waals surface area contributed by atoms with Crippen molar-refractivity contribution < 1.29 is 14.6 Å². The molecule has 2 rings (SSSR count). The van der Waals surface area contributed by atoms with E-state index in [1.807, 2.05) is 6.92 Å². The Balaban J connectivity index is 2.03. The molecule has 0 aromatic carbocycles. The second kappa shape index (κ2) is 2.62. The molecule has 0 saturated carbocycles. The first-order chi connectivity index (χ1) is 5.68. The Morgan fingerprint density at radius 3 is 2.92 bits per heavy atom. The van der Waals surface area contributed by atoms with Gasteiger partial charge in [-0.15, -0.1) is 0 Å². The van der Waals surface area contributed by atoms with Crippen molar-refractivity contribution >= 4 is 6.09 Å². The molecule has 0 aromatic rings. The minimum atomic E-state index is -0.821. The van der Waals surface area contributed by atoms with Gasteiger partial charge in [0.2, 0.25) is 0 Å². The maximum atomic E-state index is 10.8. The molecule has 1 amide bonds. The van der Waals surface area contributed by atoms with Gasteiger partial charge in [0.1, 0.15) is 6.10 Å². The number of amides is 1. The highest BCUT2D eigenvalue weighted by molar-refractivity contribution is 5.65. The molecule has 2 aliphatic rings. The standard InChI is InChI=1S/C8H13NO3/c1-5-2-3-6-7(12-6)4-9(5)8(10)11/h5-7H,2-4H2,1H3,(H,10,11)/t5-,6-,7+/m1/s1. The van der Waals surface area contributed by atoms with Crippen LogP contribution in [0.5, 0.6) is 0 Å². The smallest absolute Gasteiger partial charge is 0.407 e. The lowest BCUT2D eigenvalue weighted by atomic mass is 10.1. The molecule has 3 atom stereocenters. The molecular formula is C8H13NO3. The third-order valence-electron chi connectivity index (χ3n) is 2.71. The lowest BCUT2D eigenvalue weighted by molar-refractivity contribution is 0.118. The second-order valence-corrected chi connectivity index (χ2v) is 3.57. The van der Waals surface area contributed by atoms with Crippen LogP contribution >= 0.6 is 0 Å². The van der Waals surface area contributed by atoms with Gasteiger partial charge in [0.15, 0.2) is 0 Å². The first-order valence-electron chi connectivity index (χ1n) is 4.33. The topological polar surface area (TPSA) is 53.1 Å². The summed E-state index contributed by atoms with van der Waals surface area (Å²) < 4.78 is 5.28. The van der Waals surface area contributed by atoms with Crippen LogP contribution in [0.3, 0.4) is 0 Å². The number of epoxide rings is 1. The van der Waals surface area contributed by atoms with Gasteiger partial charge in [0.25, 0.3) is 0 Å². The van der Waals surface area contributed by atoms with Gasteiger partial charge in [-0.3, -0.25) is 0 Å². The number of carbonyl (C=O) groups is 1. The summed E-state index contributed by atoms with van der Waals surface area (Å²) in [6.07, 6.45) is 1.64. The van der Waals surface area contributed by atoms with Gasteiger partial charge >= 0.3 is 6.09 Å². The molecule has 2 saturated heterocycles. The third kappa shape index (κ3) is 1.27. The van der Waals surface area contributed by atoms with E-state index in [4.69, 9.17) is 9.84 Å². The quantitative estimate of drug-likeness (QED) is 0.551. The van der Waals surface area contributed by atoms with Crippen LogP contribution in [0, 0.1) is 0 Å². The Hall–Kier alpha value is -0.770. The minimum absolute atomic E-state index is 0.152. The van der Waals surface area contributed by atoms with Crippen molar-refractivity contribution in [1.29, 1.82) is 0 Å². The monoisotopic (exact) mass is 171 g/mol.